The van der Waals surface area contributed by atoms with E-state index in [0.717, 1.165) is 38.3 Å². The Labute approximate surface area is 116 Å². The SMILES string of the molecule is CCCNC(C)c1ccnc(N(CC)CCCO)c1. The number of nitrogens with zero attached hydrogens (tertiary/aromatic N) is 2. The first kappa shape index (κ1) is 15.9. The number of rotatable bonds is 9. The number of aromatic nitrogens is 1. The summed E-state index contributed by atoms with van der Waals surface area (Å²) in [6.45, 7) is 9.48. The van der Waals surface area contributed by atoms with E-state index < -0.39 is 0 Å². The van der Waals surface area contributed by atoms with Crippen molar-refractivity contribution in [3.8, 4) is 0 Å². The lowest BCUT2D eigenvalue weighted by Gasteiger charge is -2.23. The summed E-state index contributed by atoms with van der Waals surface area (Å²) in [5, 5.41) is 12.4. The molecule has 0 aliphatic rings. The third-order valence-corrected chi connectivity index (χ3v) is 3.26. The lowest BCUT2D eigenvalue weighted by Crippen LogP contribution is -2.26. The van der Waals surface area contributed by atoms with E-state index in [1.165, 1.54) is 5.56 Å². The van der Waals surface area contributed by atoms with Crippen molar-refractivity contribution in [2.24, 2.45) is 0 Å². The molecule has 0 amide bonds. The smallest absolute Gasteiger partial charge is 0.128 e. The molecule has 0 radical (unpaired) electrons. The van der Waals surface area contributed by atoms with Gasteiger partial charge in [0.05, 0.1) is 0 Å². The van der Waals surface area contributed by atoms with Gasteiger partial charge in [0.25, 0.3) is 0 Å². The van der Waals surface area contributed by atoms with Crippen LogP contribution in [0.3, 0.4) is 0 Å². The van der Waals surface area contributed by atoms with Crippen molar-refractivity contribution in [1.82, 2.24) is 10.3 Å². The van der Waals surface area contributed by atoms with Crippen LogP contribution in [0, 0.1) is 0 Å². The zero-order valence-electron chi connectivity index (χ0n) is 12.4. The van der Waals surface area contributed by atoms with Crippen LogP contribution in [0.1, 0.15) is 45.2 Å². The molecule has 0 aliphatic carbocycles. The molecule has 1 rings (SSSR count). The van der Waals surface area contributed by atoms with E-state index in [2.05, 4.69) is 48.1 Å². The average Bonchev–Trinajstić information content (AvgIpc) is 2.46. The second kappa shape index (κ2) is 8.88. The van der Waals surface area contributed by atoms with Gasteiger partial charge in [0.1, 0.15) is 5.82 Å². The molecule has 0 aliphatic heterocycles. The molecule has 4 nitrogen and oxygen atoms in total. The summed E-state index contributed by atoms with van der Waals surface area (Å²) in [7, 11) is 0. The van der Waals surface area contributed by atoms with Crippen LogP contribution in [0.15, 0.2) is 18.3 Å². The molecule has 1 atom stereocenters. The monoisotopic (exact) mass is 265 g/mol. The van der Waals surface area contributed by atoms with E-state index in [1.54, 1.807) is 0 Å². The highest BCUT2D eigenvalue weighted by Gasteiger charge is 2.09. The summed E-state index contributed by atoms with van der Waals surface area (Å²) in [5.41, 5.74) is 1.26. The summed E-state index contributed by atoms with van der Waals surface area (Å²) < 4.78 is 0. The second-order valence-corrected chi connectivity index (χ2v) is 4.78. The summed E-state index contributed by atoms with van der Waals surface area (Å²) in [6.07, 6.45) is 3.79. The molecule has 1 aromatic rings. The number of hydrogen-bond acceptors (Lipinski definition) is 4. The van der Waals surface area contributed by atoms with Crippen molar-refractivity contribution >= 4 is 5.82 Å². The quantitative estimate of drug-likeness (QED) is 0.719. The van der Waals surface area contributed by atoms with Crippen molar-refractivity contribution in [1.29, 1.82) is 0 Å². The van der Waals surface area contributed by atoms with Crippen LogP contribution in [0.4, 0.5) is 5.82 Å². The molecule has 2 N–H and O–H groups in total. The van der Waals surface area contributed by atoms with Crippen LogP contribution in [0.5, 0.6) is 0 Å². The van der Waals surface area contributed by atoms with Crippen molar-refractivity contribution in [2.75, 3.05) is 31.1 Å². The highest BCUT2D eigenvalue weighted by atomic mass is 16.3. The minimum atomic E-state index is 0.227. The fourth-order valence-electron chi connectivity index (χ4n) is 2.05. The largest absolute Gasteiger partial charge is 0.396 e. The summed E-state index contributed by atoms with van der Waals surface area (Å²) in [5.74, 6) is 0.999. The highest BCUT2D eigenvalue weighted by molar-refractivity contribution is 5.41. The average molecular weight is 265 g/mol. The molecule has 1 heterocycles. The van der Waals surface area contributed by atoms with Crippen molar-refractivity contribution in [3.63, 3.8) is 0 Å². The molecule has 0 aromatic carbocycles. The first-order valence-electron chi connectivity index (χ1n) is 7.28. The first-order valence-corrected chi connectivity index (χ1v) is 7.28. The van der Waals surface area contributed by atoms with Crippen molar-refractivity contribution < 1.29 is 5.11 Å². The van der Waals surface area contributed by atoms with Gasteiger partial charge in [-0.1, -0.05) is 6.92 Å². The molecule has 0 spiro atoms. The Morgan fingerprint density at radius 3 is 2.84 bits per heavy atom. The van der Waals surface area contributed by atoms with Gasteiger partial charge in [0.2, 0.25) is 0 Å². The summed E-state index contributed by atoms with van der Waals surface area (Å²) in [4.78, 5) is 6.64. The normalized spacial score (nSPS) is 12.4. The predicted molar refractivity (Wildman–Crippen MR) is 80.5 cm³/mol. The third kappa shape index (κ3) is 5.17. The van der Waals surface area contributed by atoms with E-state index >= 15 is 0 Å². The molecular formula is C15H27N3O. The first-order chi connectivity index (χ1) is 9.22. The van der Waals surface area contributed by atoms with Gasteiger partial charge in [0, 0.05) is 31.9 Å². The summed E-state index contributed by atoms with van der Waals surface area (Å²) in [6, 6.07) is 4.56. The van der Waals surface area contributed by atoms with E-state index in [-0.39, 0.29) is 6.61 Å². The molecule has 4 heteroatoms. The Bertz CT molecular complexity index is 357. The number of anilines is 1. The molecule has 108 valence electrons. The zero-order valence-corrected chi connectivity index (χ0v) is 12.4. The zero-order chi connectivity index (χ0) is 14.1. The standard InChI is InChI=1S/C15H27N3O/c1-4-8-16-13(3)14-7-9-17-15(12-14)18(5-2)10-6-11-19/h7,9,12-13,16,19H,4-6,8,10-11H2,1-3H3. The Morgan fingerprint density at radius 1 is 1.42 bits per heavy atom. The lowest BCUT2D eigenvalue weighted by molar-refractivity contribution is 0.289. The van der Waals surface area contributed by atoms with Gasteiger partial charge >= 0.3 is 0 Å². The Balaban J connectivity index is 2.73. The minimum absolute atomic E-state index is 0.227. The van der Waals surface area contributed by atoms with Crippen LogP contribution >= 0.6 is 0 Å². The van der Waals surface area contributed by atoms with Gasteiger partial charge in [-0.15, -0.1) is 0 Å². The van der Waals surface area contributed by atoms with Gasteiger partial charge in [-0.3, -0.25) is 0 Å². The predicted octanol–water partition coefficient (Wildman–Crippen LogP) is 2.35. The number of nitrogens with one attached hydrogen (secondary N) is 1. The van der Waals surface area contributed by atoms with E-state index in [4.69, 9.17) is 5.11 Å². The van der Waals surface area contributed by atoms with Crippen LogP contribution in [-0.4, -0.2) is 36.3 Å². The number of pyridine rings is 1. The van der Waals surface area contributed by atoms with E-state index in [1.807, 2.05) is 6.20 Å². The molecular weight excluding hydrogens is 238 g/mol. The molecule has 19 heavy (non-hydrogen) atoms. The number of hydrogen-bond donors (Lipinski definition) is 2. The topological polar surface area (TPSA) is 48.4 Å². The Kier molecular flexibility index (Phi) is 7.45. The maximum absolute atomic E-state index is 8.94. The number of aliphatic hydroxyl groups excluding tert-OH is 1. The minimum Gasteiger partial charge on any atom is -0.396 e. The van der Waals surface area contributed by atoms with Crippen molar-refractivity contribution in [2.45, 2.75) is 39.7 Å². The maximum atomic E-state index is 8.94. The lowest BCUT2D eigenvalue weighted by atomic mass is 10.1. The second-order valence-electron chi connectivity index (χ2n) is 4.78. The van der Waals surface area contributed by atoms with Crippen LogP contribution in [0.25, 0.3) is 0 Å². The van der Waals surface area contributed by atoms with Crippen molar-refractivity contribution in [3.05, 3.63) is 23.9 Å². The summed E-state index contributed by atoms with van der Waals surface area (Å²) >= 11 is 0. The van der Waals surface area contributed by atoms with Gasteiger partial charge in [0.15, 0.2) is 0 Å². The van der Waals surface area contributed by atoms with Crippen LogP contribution in [-0.2, 0) is 0 Å². The van der Waals surface area contributed by atoms with Gasteiger partial charge < -0.3 is 15.3 Å². The molecule has 1 unspecified atom stereocenters. The van der Waals surface area contributed by atoms with E-state index in [0.29, 0.717) is 6.04 Å². The highest BCUT2D eigenvalue weighted by Crippen LogP contribution is 2.18. The molecule has 0 bridgehead atoms. The third-order valence-electron chi connectivity index (χ3n) is 3.26. The number of aliphatic hydroxyl groups is 1. The fraction of sp³-hybridized carbons (Fsp3) is 0.667. The molecule has 0 saturated heterocycles. The Morgan fingerprint density at radius 2 is 2.21 bits per heavy atom. The molecule has 1 aromatic heterocycles. The van der Waals surface area contributed by atoms with Gasteiger partial charge in [-0.05, 0) is 50.9 Å². The molecule has 0 fully saturated rings. The van der Waals surface area contributed by atoms with Crippen LogP contribution < -0.4 is 10.2 Å². The molecule has 0 saturated carbocycles. The van der Waals surface area contributed by atoms with Crippen LogP contribution in [0.2, 0.25) is 0 Å². The Hall–Kier alpha value is -1.13. The van der Waals surface area contributed by atoms with Gasteiger partial charge in [-0.2, -0.15) is 0 Å². The van der Waals surface area contributed by atoms with E-state index in [9.17, 15) is 0 Å². The van der Waals surface area contributed by atoms with Gasteiger partial charge in [-0.25, -0.2) is 4.98 Å². The maximum Gasteiger partial charge on any atom is 0.128 e. The fourth-order valence-corrected chi connectivity index (χ4v) is 2.05.